The molecule has 0 aliphatic carbocycles. The highest BCUT2D eigenvalue weighted by Crippen LogP contribution is 2.18. The van der Waals surface area contributed by atoms with Crippen LogP contribution in [-0.4, -0.2) is 25.8 Å². The number of amides is 1. The molecule has 2 aromatic heterocycles. The van der Waals surface area contributed by atoms with E-state index in [4.69, 9.17) is 0 Å². The van der Waals surface area contributed by atoms with Gasteiger partial charge in [0, 0.05) is 27.2 Å². The molecule has 1 aromatic carbocycles. The van der Waals surface area contributed by atoms with Crippen LogP contribution in [0.1, 0.15) is 16.2 Å². The normalized spacial score (nSPS) is 11.5. The van der Waals surface area contributed by atoms with Crippen LogP contribution in [0, 0.1) is 0 Å². The molecular weight excluding hydrogens is 480 g/mol. The predicted octanol–water partition coefficient (Wildman–Crippen LogP) is 4.47. The fourth-order valence-corrected chi connectivity index (χ4v) is 5.30. The first-order valence-electron chi connectivity index (χ1n) is 8.52. The summed E-state index contributed by atoms with van der Waals surface area (Å²) < 4.78 is 28.0. The number of hydrogen-bond donors (Lipinski definition) is 1. The fraction of sp³-hybridized carbons (Fsp3) is 0.211. The largest absolute Gasteiger partial charge is 0.332 e. The third kappa shape index (κ3) is 5.99. The summed E-state index contributed by atoms with van der Waals surface area (Å²) in [5.74, 6) is -0.0830. The van der Waals surface area contributed by atoms with Gasteiger partial charge in [0.2, 0.25) is 15.9 Å². The lowest BCUT2D eigenvalue weighted by atomic mass is 10.3. The van der Waals surface area contributed by atoms with Gasteiger partial charge in [0.25, 0.3) is 0 Å². The van der Waals surface area contributed by atoms with Crippen LogP contribution >= 0.6 is 38.6 Å². The zero-order valence-electron chi connectivity index (χ0n) is 14.9. The van der Waals surface area contributed by atoms with Crippen molar-refractivity contribution >= 4 is 54.5 Å². The molecule has 0 atom stereocenters. The zero-order valence-corrected chi connectivity index (χ0v) is 18.9. The van der Waals surface area contributed by atoms with E-state index in [1.165, 1.54) is 12.1 Å². The van der Waals surface area contributed by atoms with Gasteiger partial charge in [0.05, 0.1) is 18.0 Å². The zero-order chi connectivity index (χ0) is 20.0. The number of thiophene rings is 2. The summed E-state index contributed by atoms with van der Waals surface area (Å²) in [5.41, 5.74) is 0. The van der Waals surface area contributed by atoms with Gasteiger partial charge in [-0.2, -0.15) is 0 Å². The summed E-state index contributed by atoms with van der Waals surface area (Å²) in [6.45, 7) is 1.10. The van der Waals surface area contributed by atoms with Crippen LogP contribution in [0.4, 0.5) is 0 Å². The fourth-order valence-electron chi connectivity index (χ4n) is 2.56. The molecule has 5 nitrogen and oxygen atoms in total. The van der Waals surface area contributed by atoms with Crippen molar-refractivity contribution in [3.63, 3.8) is 0 Å². The molecule has 0 aliphatic rings. The standard InChI is InChI=1S/C19H19BrN2O3S3/c20-15-5-7-18(8-6-15)28(24,25)21-10-9-19(23)22(13-16-3-1-11-26-16)14-17-4-2-12-27-17/h1-8,11-12,21H,9-10,13-14H2. The number of nitrogens with zero attached hydrogens (tertiary/aromatic N) is 1. The Balaban J connectivity index is 1.60. The first-order valence-corrected chi connectivity index (χ1v) is 12.6. The summed E-state index contributed by atoms with van der Waals surface area (Å²) in [5, 5.41) is 3.96. The number of benzene rings is 1. The summed E-state index contributed by atoms with van der Waals surface area (Å²) in [4.78, 5) is 16.9. The molecule has 0 fully saturated rings. The van der Waals surface area contributed by atoms with E-state index in [2.05, 4.69) is 20.7 Å². The van der Waals surface area contributed by atoms with Gasteiger partial charge in [-0.25, -0.2) is 13.1 Å². The molecule has 0 saturated carbocycles. The van der Waals surface area contributed by atoms with Crippen LogP contribution in [0.3, 0.4) is 0 Å². The Morgan fingerprint density at radius 3 is 2.04 bits per heavy atom. The molecule has 0 radical (unpaired) electrons. The summed E-state index contributed by atoms with van der Waals surface area (Å²) in [7, 11) is -3.64. The Kier molecular flexibility index (Phi) is 7.42. The van der Waals surface area contributed by atoms with E-state index in [9.17, 15) is 13.2 Å². The van der Waals surface area contributed by atoms with E-state index in [0.29, 0.717) is 13.1 Å². The van der Waals surface area contributed by atoms with Crippen molar-refractivity contribution in [2.75, 3.05) is 6.54 Å². The van der Waals surface area contributed by atoms with Crippen LogP contribution in [0.5, 0.6) is 0 Å². The lowest BCUT2D eigenvalue weighted by Crippen LogP contribution is -2.33. The van der Waals surface area contributed by atoms with Crippen LogP contribution in [0.15, 0.2) is 68.7 Å². The average molecular weight is 499 g/mol. The number of hydrogen-bond acceptors (Lipinski definition) is 5. The van der Waals surface area contributed by atoms with Gasteiger partial charge in [-0.05, 0) is 47.2 Å². The third-order valence-electron chi connectivity index (χ3n) is 3.96. The highest BCUT2D eigenvalue weighted by Gasteiger charge is 2.18. The van der Waals surface area contributed by atoms with Crippen molar-refractivity contribution in [3.05, 3.63) is 73.5 Å². The average Bonchev–Trinajstić information content (AvgIpc) is 3.35. The van der Waals surface area contributed by atoms with E-state index in [1.807, 2.05) is 35.0 Å². The molecule has 28 heavy (non-hydrogen) atoms. The first-order chi connectivity index (χ1) is 13.4. The highest BCUT2D eigenvalue weighted by atomic mass is 79.9. The minimum Gasteiger partial charge on any atom is -0.332 e. The van der Waals surface area contributed by atoms with Gasteiger partial charge in [-0.15, -0.1) is 22.7 Å². The molecular formula is C19H19BrN2O3S3. The second kappa shape index (κ2) is 9.80. The molecule has 0 unspecified atom stereocenters. The van der Waals surface area contributed by atoms with Gasteiger partial charge < -0.3 is 4.90 Å². The van der Waals surface area contributed by atoms with Gasteiger partial charge in [-0.1, -0.05) is 28.1 Å². The van der Waals surface area contributed by atoms with Crippen LogP contribution < -0.4 is 4.72 Å². The van der Waals surface area contributed by atoms with Gasteiger partial charge in [0.1, 0.15) is 0 Å². The van der Waals surface area contributed by atoms with E-state index in [-0.39, 0.29) is 23.8 Å². The molecule has 0 bridgehead atoms. The molecule has 2 heterocycles. The Morgan fingerprint density at radius 1 is 0.964 bits per heavy atom. The highest BCUT2D eigenvalue weighted by molar-refractivity contribution is 9.10. The number of halogens is 1. The van der Waals surface area contributed by atoms with Crippen molar-refractivity contribution in [2.24, 2.45) is 0 Å². The number of rotatable bonds is 9. The van der Waals surface area contributed by atoms with Crippen molar-refractivity contribution in [2.45, 2.75) is 24.4 Å². The maximum atomic E-state index is 12.8. The molecule has 0 spiro atoms. The first kappa shape index (κ1) is 21.2. The molecule has 148 valence electrons. The second-order valence-electron chi connectivity index (χ2n) is 6.01. The lowest BCUT2D eigenvalue weighted by molar-refractivity contribution is -0.132. The quantitative estimate of drug-likeness (QED) is 0.473. The summed E-state index contributed by atoms with van der Waals surface area (Å²) in [6, 6.07) is 14.3. The minimum absolute atomic E-state index is 0.0581. The second-order valence-corrected chi connectivity index (χ2v) is 10.8. The van der Waals surface area contributed by atoms with Crippen molar-refractivity contribution in [1.82, 2.24) is 9.62 Å². The van der Waals surface area contributed by atoms with Crippen LogP contribution in [-0.2, 0) is 27.9 Å². The topological polar surface area (TPSA) is 66.5 Å². The molecule has 3 aromatic rings. The van der Waals surface area contributed by atoms with E-state index in [1.54, 1.807) is 39.7 Å². The molecule has 0 saturated heterocycles. The Hall–Kier alpha value is -1.52. The molecule has 1 N–H and O–H groups in total. The van der Waals surface area contributed by atoms with Crippen molar-refractivity contribution in [1.29, 1.82) is 0 Å². The minimum atomic E-state index is -3.64. The molecule has 9 heteroatoms. The Labute approximate surface area is 181 Å². The third-order valence-corrected chi connectivity index (χ3v) is 7.69. The number of sulfonamides is 1. The lowest BCUT2D eigenvalue weighted by Gasteiger charge is -2.21. The number of carbonyl (C=O) groups excluding carboxylic acids is 1. The Bertz CT molecular complexity index is 949. The molecule has 0 aliphatic heterocycles. The van der Waals surface area contributed by atoms with Crippen molar-refractivity contribution < 1.29 is 13.2 Å². The van der Waals surface area contributed by atoms with Gasteiger partial charge in [-0.3, -0.25) is 4.79 Å². The van der Waals surface area contributed by atoms with E-state index < -0.39 is 10.0 Å². The number of nitrogens with one attached hydrogen (secondary N) is 1. The van der Waals surface area contributed by atoms with Gasteiger partial charge in [0.15, 0.2) is 0 Å². The SMILES string of the molecule is O=C(CCNS(=O)(=O)c1ccc(Br)cc1)N(Cc1cccs1)Cc1cccs1. The molecule has 1 amide bonds. The predicted molar refractivity (Wildman–Crippen MR) is 117 cm³/mol. The Morgan fingerprint density at radius 2 is 1.54 bits per heavy atom. The smallest absolute Gasteiger partial charge is 0.240 e. The monoisotopic (exact) mass is 498 g/mol. The van der Waals surface area contributed by atoms with E-state index >= 15 is 0 Å². The van der Waals surface area contributed by atoms with E-state index in [0.717, 1.165) is 14.2 Å². The summed E-state index contributed by atoms with van der Waals surface area (Å²) >= 11 is 6.49. The molecule has 3 rings (SSSR count). The van der Waals surface area contributed by atoms with Crippen LogP contribution in [0.25, 0.3) is 0 Å². The van der Waals surface area contributed by atoms with Crippen LogP contribution in [0.2, 0.25) is 0 Å². The maximum Gasteiger partial charge on any atom is 0.240 e. The van der Waals surface area contributed by atoms with Crippen molar-refractivity contribution in [3.8, 4) is 0 Å². The maximum absolute atomic E-state index is 12.8. The van der Waals surface area contributed by atoms with Gasteiger partial charge >= 0.3 is 0 Å². The number of carbonyl (C=O) groups is 1. The summed E-state index contributed by atoms with van der Waals surface area (Å²) in [6.07, 6.45) is 0.104.